The number of ether oxygens (including phenoxy) is 1. The third-order valence-corrected chi connectivity index (χ3v) is 3.33. The molecule has 98 valence electrons. The second-order valence-electron chi connectivity index (χ2n) is 4.17. The molecule has 1 aromatic rings. The summed E-state index contributed by atoms with van der Waals surface area (Å²) in [5.74, 6) is -0.254. The van der Waals surface area contributed by atoms with Gasteiger partial charge >= 0.3 is 0 Å². The van der Waals surface area contributed by atoms with E-state index >= 15 is 0 Å². The van der Waals surface area contributed by atoms with Crippen molar-refractivity contribution in [2.45, 2.75) is 18.7 Å². The molecule has 0 radical (unpaired) electrons. The molecule has 1 saturated heterocycles. The Morgan fingerprint density at radius 2 is 2.33 bits per heavy atom. The zero-order valence-corrected chi connectivity index (χ0v) is 11.2. The number of hydrogen-bond donors (Lipinski definition) is 2. The van der Waals surface area contributed by atoms with Crippen LogP contribution in [0, 0.1) is 0 Å². The van der Waals surface area contributed by atoms with Gasteiger partial charge in [-0.2, -0.15) is 0 Å². The van der Waals surface area contributed by atoms with Crippen LogP contribution >= 0.6 is 15.9 Å². The summed E-state index contributed by atoms with van der Waals surface area (Å²) in [5, 5.41) is 2.94. The van der Waals surface area contributed by atoms with Crippen molar-refractivity contribution in [1.82, 2.24) is 5.32 Å². The third-order valence-electron chi connectivity index (χ3n) is 2.83. The largest absolute Gasteiger partial charge is 0.486 e. The van der Waals surface area contributed by atoms with Crippen molar-refractivity contribution in [3.8, 4) is 5.75 Å². The summed E-state index contributed by atoms with van der Waals surface area (Å²) in [4.78, 5) is 11.3. The highest BCUT2D eigenvalue weighted by Crippen LogP contribution is 2.26. The molecule has 0 spiro atoms. The van der Waals surface area contributed by atoms with E-state index in [-0.39, 0.29) is 12.1 Å². The van der Waals surface area contributed by atoms with Crippen LogP contribution in [0.3, 0.4) is 0 Å². The van der Waals surface area contributed by atoms with Gasteiger partial charge in [0.25, 0.3) is 5.91 Å². The van der Waals surface area contributed by atoms with Crippen LogP contribution in [0.5, 0.6) is 5.75 Å². The molecular weight excluding hydrogens is 303 g/mol. The van der Waals surface area contributed by atoms with Crippen LogP contribution in [0.15, 0.2) is 22.7 Å². The standard InChI is InChI=1S/C12H14BrFN2O2/c13-7-1-2-10(8(5-7)12(15)17)18-11-3-4-16-6-9(11)14/h1-2,5,9,11,16H,3-4,6H2,(H2,15,17)/t9-,11-/m0/s1. The number of hydrogen-bond acceptors (Lipinski definition) is 3. The lowest BCUT2D eigenvalue weighted by molar-refractivity contribution is 0.0713. The molecule has 0 aliphatic carbocycles. The summed E-state index contributed by atoms with van der Waals surface area (Å²) in [6.07, 6.45) is -1.05. The molecule has 1 heterocycles. The predicted molar refractivity (Wildman–Crippen MR) is 69.5 cm³/mol. The van der Waals surface area contributed by atoms with Gasteiger partial charge in [-0.3, -0.25) is 4.79 Å². The molecule has 18 heavy (non-hydrogen) atoms. The number of carbonyl (C=O) groups is 1. The zero-order chi connectivity index (χ0) is 13.1. The molecule has 0 bridgehead atoms. The Bertz CT molecular complexity index is 456. The average molecular weight is 317 g/mol. The molecule has 1 aliphatic rings. The first-order valence-corrected chi connectivity index (χ1v) is 6.48. The maximum absolute atomic E-state index is 13.6. The Morgan fingerprint density at radius 1 is 1.56 bits per heavy atom. The van der Waals surface area contributed by atoms with E-state index < -0.39 is 18.2 Å². The van der Waals surface area contributed by atoms with Crippen LogP contribution < -0.4 is 15.8 Å². The van der Waals surface area contributed by atoms with Crippen LogP contribution in [0.25, 0.3) is 0 Å². The number of amides is 1. The van der Waals surface area contributed by atoms with Crippen molar-refractivity contribution in [2.75, 3.05) is 13.1 Å². The molecule has 0 unspecified atom stereocenters. The summed E-state index contributed by atoms with van der Waals surface area (Å²) < 4.78 is 19.9. The molecule has 0 saturated carbocycles. The van der Waals surface area contributed by atoms with Gasteiger partial charge in [0.05, 0.1) is 5.56 Å². The molecule has 1 amide bonds. The van der Waals surface area contributed by atoms with Gasteiger partial charge in [0.2, 0.25) is 0 Å². The minimum atomic E-state index is -1.08. The Morgan fingerprint density at radius 3 is 3.00 bits per heavy atom. The van der Waals surface area contributed by atoms with Gasteiger partial charge < -0.3 is 15.8 Å². The zero-order valence-electron chi connectivity index (χ0n) is 9.66. The van der Waals surface area contributed by atoms with Gasteiger partial charge in [-0.25, -0.2) is 4.39 Å². The van der Waals surface area contributed by atoms with E-state index in [4.69, 9.17) is 10.5 Å². The molecular formula is C12H14BrFN2O2. The maximum atomic E-state index is 13.6. The van der Waals surface area contributed by atoms with Crippen LogP contribution in [0.2, 0.25) is 0 Å². The normalized spacial score (nSPS) is 23.7. The number of alkyl halides is 1. The lowest BCUT2D eigenvalue weighted by atomic mass is 10.1. The van der Waals surface area contributed by atoms with Gasteiger partial charge in [0.1, 0.15) is 18.0 Å². The number of primary amides is 1. The van der Waals surface area contributed by atoms with E-state index in [0.29, 0.717) is 18.7 Å². The van der Waals surface area contributed by atoms with Crippen LogP contribution in [0.1, 0.15) is 16.8 Å². The number of nitrogens with two attached hydrogens (primary N) is 1. The second kappa shape index (κ2) is 5.67. The fourth-order valence-corrected chi connectivity index (χ4v) is 2.25. The molecule has 4 nitrogen and oxygen atoms in total. The SMILES string of the molecule is NC(=O)c1cc(Br)ccc1O[C@H]1CCNC[C@@H]1F. The lowest BCUT2D eigenvalue weighted by Crippen LogP contribution is -2.44. The number of piperidine rings is 1. The Kier molecular flexibility index (Phi) is 4.19. The van der Waals surface area contributed by atoms with E-state index in [0.717, 1.165) is 4.47 Å². The molecule has 6 heteroatoms. The van der Waals surface area contributed by atoms with E-state index in [2.05, 4.69) is 21.2 Å². The van der Waals surface area contributed by atoms with Crippen molar-refractivity contribution in [2.24, 2.45) is 5.73 Å². The highest BCUT2D eigenvalue weighted by molar-refractivity contribution is 9.10. The van der Waals surface area contributed by atoms with Gasteiger partial charge in [-0.05, 0) is 31.2 Å². The number of nitrogens with one attached hydrogen (secondary N) is 1. The summed E-state index contributed by atoms with van der Waals surface area (Å²) in [7, 11) is 0. The Labute approximate surface area is 113 Å². The second-order valence-corrected chi connectivity index (χ2v) is 5.09. The molecule has 1 aromatic carbocycles. The van der Waals surface area contributed by atoms with Gasteiger partial charge in [0, 0.05) is 11.0 Å². The summed E-state index contributed by atoms with van der Waals surface area (Å²) >= 11 is 3.25. The summed E-state index contributed by atoms with van der Waals surface area (Å²) in [5.41, 5.74) is 5.54. The molecule has 1 fully saturated rings. The van der Waals surface area contributed by atoms with Crippen molar-refractivity contribution in [3.05, 3.63) is 28.2 Å². The Hall–Kier alpha value is -1.14. The monoisotopic (exact) mass is 316 g/mol. The molecule has 2 rings (SSSR count). The minimum absolute atomic E-state index is 0.259. The molecule has 1 aliphatic heterocycles. The van der Waals surface area contributed by atoms with Crippen molar-refractivity contribution in [1.29, 1.82) is 0 Å². The van der Waals surface area contributed by atoms with Crippen molar-refractivity contribution < 1.29 is 13.9 Å². The smallest absolute Gasteiger partial charge is 0.252 e. The van der Waals surface area contributed by atoms with E-state index in [1.54, 1.807) is 18.2 Å². The number of carbonyl (C=O) groups excluding carboxylic acids is 1. The highest BCUT2D eigenvalue weighted by atomic mass is 79.9. The van der Waals surface area contributed by atoms with Crippen LogP contribution in [-0.4, -0.2) is 31.3 Å². The fraction of sp³-hybridized carbons (Fsp3) is 0.417. The van der Waals surface area contributed by atoms with Crippen molar-refractivity contribution >= 4 is 21.8 Å². The van der Waals surface area contributed by atoms with Crippen LogP contribution in [0.4, 0.5) is 4.39 Å². The first-order chi connectivity index (χ1) is 8.58. The van der Waals surface area contributed by atoms with E-state index in [1.165, 1.54) is 0 Å². The highest BCUT2D eigenvalue weighted by Gasteiger charge is 2.27. The predicted octanol–water partition coefficient (Wildman–Crippen LogP) is 1.63. The maximum Gasteiger partial charge on any atom is 0.252 e. The molecule has 0 aromatic heterocycles. The van der Waals surface area contributed by atoms with Crippen LogP contribution in [-0.2, 0) is 0 Å². The third kappa shape index (κ3) is 3.00. The van der Waals surface area contributed by atoms with Crippen molar-refractivity contribution in [3.63, 3.8) is 0 Å². The van der Waals surface area contributed by atoms with Gasteiger partial charge in [-0.1, -0.05) is 15.9 Å². The van der Waals surface area contributed by atoms with Gasteiger partial charge in [0.15, 0.2) is 0 Å². The molecule has 3 N–H and O–H groups in total. The number of halogens is 2. The minimum Gasteiger partial charge on any atom is -0.486 e. The first-order valence-electron chi connectivity index (χ1n) is 5.68. The summed E-state index contributed by atoms with van der Waals surface area (Å²) in [6.45, 7) is 0.973. The number of benzene rings is 1. The molecule has 2 atom stereocenters. The lowest BCUT2D eigenvalue weighted by Gasteiger charge is -2.28. The quantitative estimate of drug-likeness (QED) is 0.890. The fourth-order valence-electron chi connectivity index (χ4n) is 1.89. The van der Waals surface area contributed by atoms with E-state index in [9.17, 15) is 9.18 Å². The average Bonchev–Trinajstić information content (AvgIpc) is 2.34. The summed E-state index contributed by atoms with van der Waals surface area (Å²) in [6, 6.07) is 4.93. The first kappa shape index (κ1) is 13.3. The topological polar surface area (TPSA) is 64.4 Å². The van der Waals surface area contributed by atoms with E-state index in [1.807, 2.05) is 0 Å². The number of rotatable bonds is 3. The van der Waals surface area contributed by atoms with Gasteiger partial charge in [-0.15, -0.1) is 0 Å². The Balaban J connectivity index is 2.20.